The number of benzene rings is 1. The quantitative estimate of drug-likeness (QED) is 0.749. The highest BCUT2D eigenvalue weighted by molar-refractivity contribution is 5.77. The summed E-state index contributed by atoms with van der Waals surface area (Å²) in [6.45, 7) is 1.29. The van der Waals surface area contributed by atoms with Crippen LogP contribution in [0.4, 0.5) is 13.2 Å². The van der Waals surface area contributed by atoms with Crippen LogP contribution in [-0.2, 0) is 22.3 Å². The molecule has 1 aromatic carbocycles. The summed E-state index contributed by atoms with van der Waals surface area (Å²) >= 11 is 0. The summed E-state index contributed by atoms with van der Waals surface area (Å²) in [6.07, 6.45) is -4.33. The predicted octanol–water partition coefficient (Wildman–Crippen LogP) is 1.56. The highest BCUT2D eigenvalue weighted by Gasteiger charge is 2.29. The largest absolute Gasteiger partial charge is 0.416 e. The fraction of sp³-hybridized carbons (Fsp3) is 0.462. The van der Waals surface area contributed by atoms with E-state index in [4.69, 9.17) is 4.74 Å². The Bertz CT molecular complexity index is 419. The molecular formula is C13H17F3N2O2. The van der Waals surface area contributed by atoms with Gasteiger partial charge in [-0.15, -0.1) is 0 Å². The normalized spacial score (nSPS) is 11.4. The van der Waals surface area contributed by atoms with Crippen molar-refractivity contribution in [2.75, 3.05) is 26.8 Å². The molecule has 2 N–H and O–H groups in total. The van der Waals surface area contributed by atoms with Gasteiger partial charge in [-0.05, 0) is 17.7 Å². The van der Waals surface area contributed by atoms with Crippen molar-refractivity contribution in [3.63, 3.8) is 0 Å². The standard InChI is InChI=1S/C13H17F3N2O2/c1-20-7-6-18-12(19)9-17-8-10-2-4-11(5-3-10)13(14,15)16/h2-5,17H,6-9H2,1H3,(H,18,19). The van der Waals surface area contributed by atoms with Crippen LogP contribution in [0.5, 0.6) is 0 Å². The van der Waals surface area contributed by atoms with Crippen molar-refractivity contribution in [1.29, 1.82) is 0 Å². The minimum Gasteiger partial charge on any atom is -0.383 e. The molecule has 0 aromatic heterocycles. The van der Waals surface area contributed by atoms with E-state index in [1.807, 2.05) is 0 Å². The van der Waals surface area contributed by atoms with E-state index >= 15 is 0 Å². The molecular weight excluding hydrogens is 273 g/mol. The monoisotopic (exact) mass is 290 g/mol. The molecule has 0 radical (unpaired) electrons. The molecule has 0 aliphatic heterocycles. The van der Waals surface area contributed by atoms with E-state index in [0.29, 0.717) is 25.3 Å². The van der Waals surface area contributed by atoms with Crippen LogP contribution >= 0.6 is 0 Å². The zero-order valence-corrected chi connectivity index (χ0v) is 11.1. The smallest absolute Gasteiger partial charge is 0.383 e. The molecule has 0 unspecified atom stereocenters. The van der Waals surface area contributed by atoms with Crippen molar-refractivity contribution in [3.8, 4) is 0 Å². The molecule has 112 valence electrons. The van der Waals surface area contributed by atoms with Crippen molar-refractivity contribution in [1.82, 2.24) is 10.6 Å². The third-order valence-corrected chi connectivity index (χ3v) is 2.52. The Kier molecular flexibility index (Phi) is 6.47. The molecule has 0 saturated heterocycles. The van der Waals surface area contributed by atoms with Gasteiger partial charge in [-0.25, -0.2) is 0 Å². The van der Waals surface area contributed by atoms with Gasteiger partial charge in [-0.1, -0.05) is 12.1 Å². The van der Waals surface area contributed by atoms with Crippen molar-refractivity contribution in [2.45, 2.75) is 12.7 Å². The van der Waals surface area contributed by atoms with Crippen molar-refractivity contribution >= 4 is 5.91 Å². The number of carbonyl (C=O) groups excluding carboxylic acids is 1. The van der Waals surface area contributed by atoms with Crippen molar-refractivity contribution in [3.05, 3.63) is 35.4 Å². The zero-order valence-electron chi connectivity index (χ0n) is 11.1. The summed E-state index contributed by atoms with van der Waals surface area (Å²) in [4.78, 5) is 11.3. The molecule has 0 saturated carbocycles. The summed E-state index contributed by atoms with van der Waals surface area (Å²) < 4.78 is 41.8. The number of rotatable bonds is 7. The summed E-state index contributed by atoms with van der Waals surface area (Å²) in [6, 6.07) is 4.82. The van der Waals surface area contributed by atoms with Crippen LogP contribution in [0, 0.1) is 0 Å². The second kappa shape index (κ2) is 7.86. The topological polar surface area (TPSA) is 50.4 Å². The van der Waals surface area contributed by atoms with Crippen molar-refractivity contribution in [2.24, 2.45) is 0 Å². The molecule has 1 amide bonds. The second-order valence-electron chi connectivity index (χ2n) is 4.14. The fourth-order valence-corrected chi connectivity index (χ4v) is 1.49. The summed E-state index contributed by atoms with van der Waals surface area (Å²) in [5.41, 5.74) is 0.00116. The lowest BCUT2D eigenvalue weighted by Crippen LogP contribution is -2.35. The Hall–Kier alpha value is -1.60. The van der Waals surface area contributed by atoms with Crippen LogP contribution < -0.4 is 10.6 Å². The predicted molar refractivity (Wildman–Crippen MR) is 68.0 cm³/mol. The van der Waals surface area contributed by atoms with Gasteiger partial charge in [-0.3, -0.25) is 4.79 Å². The molecule has 0 heterocycles. The van der Waals surface area contributed by atoms with Gasteiger partial charge in [0, 0.05) is 20.2 Å². The number of hydrogen-bond acceptors (Lipinski definition) is 3. The van der Waals surface area contributed by atoms with Crippen LogP contribution in [0.2, 0.25) is 0 Å². The average Bonchev–Trinajstić information content (AvgIpc) is 2.38. The average molecular weight is 290 g/mol. The van der Waals surface area contributed by atoms with Gasteiger partial charge in [-0.2, -0.15) is 13.2 Å². The summed E-state index contributed by atoms with van der Waals surface area (Å²) in [5.74, 6) is -0.186. The number of halogens is 3. The maximum absolute atomic E-state index is 12.3. The van der Waals surface area contributed by atoms with E-state index in [-0.39, 0.29) is 12.5 Å². The molecule has 0 aliphatic carbocycles. The van der Waals surface area contributed by atoms with Gasteiger partial charge in [0.15, 0.2) is 0 Å². The molecule has 7 heteroatoms. The zero-order chi connectivity index (χ0) is 15.0. The van der Waals surface area contributed by atoms with Crippen LogP contribution in [0.1, 0.15) is 11.1 Å². The molecule has 0 atom stereocenters. The first-order valence-electron chi connectivity index (χ1n) is 6.06. The van der Waals surface area contributed by atoms with Crippen LogP contribution in [0.3, 0.4) is 0 Å². The third kappa shape index (κ3) is 6.03. The molecule has 0 spiro atoms. The number of nitrogens with one attached hydrogen (secondary N) is 2. The van der Waals surface area contributed by atoms with Crippen LogP contribution in [0.25, 0.3) is 0 Å². The minimum absolute atomic E-state index is 0.102. The van der Waals surface area contributed by atoms with E-state index < -0.39 is 11.7 Å². The molecule has 0 bridgehead atoms. The minimum atomic E-state index is -4.33. The molecule has 20 heavy (non-hydrogen) atoms. The highest BCUT2D eigenvalue weighted by Crippen LogP contribution is 2.28. The van der Waals surface area contributed by atoms with Crippen LogP contribution in [-0.4, -0.2) is 32.7 Å². The Balaban J connectivity index is 2.30. The van der Waals surface area contributed by atoms with Gasteiger partial charge >= 0.3 is 6.18 Å². The molecule has 1 aromatic rings. The van der Waals surface area contributed by atoms with Gasteiger partial charge < -0.3 is 15.4 Å². The van der Waals surface area contributed by atoms with Gasteiger partial charge in [0.2, 0.25) is 5.91 Å². The summed E-state index contributed by atoms with van der Waals surface area (Å²) in [5, 5.41) is 5.48. The summed E-state index contributed by atoms with van der Waals surface area (Å²) in [7, 11) is 1.54. The highest BCUT2D eigenvalue weighted by atomic mass is 19.4. The molecule has 0 fully saturated rings. The molecule has 1 rings (SSSR count). The van der Waals surface area contributed by atoms with Crippen molar-refractivity contribution < 1.29 is 22.7 Å². The van der Waals surface area contributed by atoms with Gasteiger partial charge in [0.25, 0.3) is 0 Å². The SMILES string of the molecule is COCCNC(=O)CNCc1ccc(C(F)(F)F)cc1. The Morgan fingerprint density at radius 3 is 2.45 bits per heavy atom. The Labute approximate surface area is 115 Å². The Morgan fingerprint density at radius 1 is 1.25 bits per heavy atom. The number of carbonyl (C=O) groups is 1. The number of amides is 1. The Morgan fingerprint density at radius 2 is 1.90 bits per heavy atom. The lowest BCUT2D eigenvalue weighted by molar-refractivity contribution is -0.137. The number of hydrogen-bond donors (Lipinski definition) is 2. The lowest BCUT2D eigenvalue weighted by Gasteiger charge is -2.09. The van der Waals surface area contributed by atoms with E-state index in [0.717, 1.165) is 12.1 Å². The number of ether oxygens (including phenoxy) is 1. The van der Waals surface area contributed by atoms with E-state index in [9.17, 15) is 18.0 Å². The fourth-order valence-electron chi connectivity index (χ4n) is 1.49. The first-order chi connectivity index (χ1) is 9.43. The van der Waals surface area contributed by atoms with E-state index in [2.05, 4.69) is 10.6 Å². The van der Waals surface area contributed by atoms with E-state index in [1.165, 1.54) is 19.2 Å². The maximum Gasteiger partial charge on any atom is 0.416 e. The third-order valence-electron chi connectivity index (χ3n) is 2.52. The second-order valence-corrected chi connectivity index (χ2v) is 4.14. The van der Waals surface area contributed by atoms with E-state index in [1.54, 1.807) is 0 Å². The first-order valence-corrected chi connectivity index (χ1v) is 6.06. The van der Waals surface area contributed by atoms with Gasteiger partial charge in [0.1, 0.15) is 0 Å². The van der Waals surface area contributed by atoms with Crippen LogP contribution in [0.15, 0.2) is 24.3 Å². The number of methoxy groups -OCH3 is 1. The number of alkyl halides is 3. The van der Waals surface area contributed by atoms with Gasteiger partial charge in [0.05, 0.1) is 18.7 Å². The molecule has 4 nitrogen and oxygen atoms in total. The maximum atomic E-state index is 12.3. The lowest BCUT2D eigenvalue weighted by atomic mass is 10.1. The first kappa shape index (κ1) is 16.5. The molecule has 0 aliphatic rings.